The molecule has 2 heterocycles. The predicted molar refractivity (Wildman–Crippen MR) is 63.4 cm³/mol. The highest BCUT2D eigenvalue weighted by atomic mass is 16.8. The van der Waals surface area contributed by atoms with Crippen molar-refractivity contribution in [2.45, 2.75) is 50.6 Å². The quantitative estimate of drug-likeness (QED) is 0.703. The molecule has 0 aromatic rings. The molecule has 1 spiro atoms. The van der Waals surface area contributed by atoms with Gasteiger partial charge in [0.1, 0.15) is 6.10 Å². The fourth-order valence-corrected chi connectivity index (χ4v) is 3.14. The predicted octanol–water partition coefficient (Wildman–Crippen LogP) is 1.56. The van der Waals surface area contributed by atoms with Crippen LogP contribution in [0.3, 0.4) is 0 Å². The molecule has 1 aliphatic carbocycles. The first kappa shape index (κ1) is 12.7. The van der Waals surface area contributed by atoms with E-state index >= 15 is 0 Å². The van der Waals surface area contributed by atoms with E-state index in [1.54, 1.807) is 0 Å². The van der Waals surface area contributed by atoms with Gasteiger partial charge < -0.3 is 24.4 Å². The Balaban J connectivity index is 1.71. The molecule has 2 N–H and O–H groups in total. The van der Waals surface area contributed by atoms with Gasteiger partial charge in [-0.15, -0.1) is 0 Å². The van der Waals surface area contributed by atoms with Crippen LogP contribution in [0.1, 0.15) is 32.6 Å². The fraction of sp³-hybridized carbons (Fsp3) is 0.769. The zero-order valence-corrected chi connectivity index (χ0v) is 10.8. The lowest BCUT2D eigenvalue weighted by atomic mass is 9.86. The Bertz CT molecular complexity index is 431. The Hall–Kier alpha value is -1.27. The molecule has 2 aliphatic heterocycles. The van der Waals surface area contributed by atoms with Gasteiger partial charge in [0.2, 0.25) is 5.76 Å². The molecule has 2 unspecified atom stereocenters. The van der Waals surface area contributed by atoms with Crippen molar-refractivity contribution in [3.8, 4) is 0 Å². The smallest absolute Gasteiger partial charge is 0.377 e. The number of esters is 1. The second-order valence-corrected chi connectivity index (χ2v) is 5.64. The minimum atomic E-state index is -0.955. The number of rotatable bonds is 1. The summed E-state index contributed by atoms with van der Waals surface area (Å²) in [5, 5.41) is 19.0. The average Bonchev–Trinajstić information content (AvgIpc) is 2.87. The molecule has 19 heavy (non-hydrogen) atoms. The van der Waals surface area contributed by atoms with Gasteiger partial charge in [0, 0.05) is 12.8 Å². The maximum absolute atomic E-state index is 11.2. The molecule has 0 aromatic heterocycles. The van der Waals surface area contributed by atoms with Gasteiger partial charge in [0.05, 0.1) is 6.61 Å². The number of cyclic esters (lactones) is 1. The van der Waals surface area contributed by atoms with Gasteiger partial charge in [0.25, 0.3) is 0 Å². The lowest BCUT2D eigenvalue weighted by Gasteiger charge is -2.35. The van der Waals surface area contributed by atoms with E-state index in [1.165, 1.54) is 0 Å². The van der Waals surface area contributed by atoms with E-state index in [2.05, 4.69) is 6.92 Å². The number of carbonyl (C=O) groups is 1. The molecule has 1 saturated carbocycles. The van der Waals surface area contributed by atoms with E-state index in [1.807, 2.05) is 0 Å². The van der Waals surface area contributed by atoms with Crippen LogP contribution >= 0.6 is 0 Å². The molecule has 3 rings (SSSR count). The van der Waals surface area contributed by atoms with Gasteiger partial charge >= 0.3 is 5.97 Å². The van der Waals surface area contributed by atoms with Gasteiger partial charge in [-0.3, -0.25) is 0 Å². The monoisotopic (exact) mass is 270 g/mol. The number of carbonyl (C=O) groups excluding carboxylic acids is 1. The summed E-state index contributed by atoms with van der Waals surface area (Å²) in [5.41, 5.74) is 0. The molecule has 0 bridgehead atoms. The van der Waals surface area contributed by atoms with Gasteiger partial charge in [-0.1, -0.05) is 13.3 Å². The minimum Gasteiger partial charge on any atom is -0.505 e. The fourth-order valence-electron chi connectivity index (χ4n) is 3.14. The van der Waals surface area contributed by atoms with Gasteiger partial charge in [-0.25, -0.2) is 4.79 Å². The first-order chi connectivity index (χ1) is 9.01. The van der Waals surface area contributed by atoms with E-state index < -0.39 is 35.5 Å². The molecule has 106 valence electrons. The van der Waals surface area contributed by atoms with E-state index in [0.717, 1.165) is 25.7 Å². The van der Waals surface area contributed by atoms with Crippen LogP contribution in [0.25, 0.3) is 0 Å². The zero-order valence-electron chi connectivity index (χ0n) is 10.8. The summed E-state index contributed by atoms with van der Waals surface area (Å²) in [7, 11) is 0. The van der Waals surface area contributed by atoms with Crippen LogP contribution < -0.4 is 0 Å². The van der Waals surface area contributed by atoms with Crippen molar-refractivity contribution in [2.24, 2.45) is 5.92 Å². The number of hydrogen-bond donors (Lipinski definition) is 2. The van der Waals surface area contributed by atoms with Crippen LogP contribution in [-0.2, 0) is 19.0 Å². The topological polar surface area (TPSA) is 85.2 Å². The second kappa shape index (κ2) is 4.38. The Morgan fingerprint density at radius 2 is 2.16 bits per heavy atom. The Labute approximate surface area is 111 Å². The Morgan fingerprint density at radius 3 is 2.79 bits per heavy atom. The third kappa shape index (κ3) is 2.08. The molecular formula is C13H18O6. The van der Waals surface area contributed by atoms with Gasteiger partial charge in [-0.2, -0.15) is 0 Å². The highest BCUT2D eigenvalue weighted by Crippen LogP contribution is 2.42. The summed E-state index contributed by atoms with van der Waals surface area (Å²) >= 11 is 0. The van der Waals surface area contributed by atoms with Crippen molar-refractivity contribution >= 4 is 5.97 Å². The molecule has 3 aliphatic rings. The minimum absolute atomic E-state index is 0.252. The highest BCUT2D eigenvalue weighted by Gasteiger charge is 2.50. The molecule has 6 nitrogen and oxygen atoms in total. The number of hydrogen-bond acceptors (Lipinski definition) is 6. The summed E-state index contributed by atoms with van der Waals surface area (Å²) in [6.07, 6.45) is 2.29. The van der Waals surface area contributed by atoms with Crippen LogP contribution in [-0.4, -0.2) is 40.8 Å². The summed E-state index contributed by atoms with van der Waals surface area (Å²) in [6, 6.07) is 0. The molecule has 1 saturated heterocycles. The van der Waals surface area contributed by atoms with E-state index in [0.29, 0.717) is 5.92 Å². The number of ether oxygens (including phenoxy) is 3. The first-order valence-corrected chi connectivity index (χ1v) is 6.66. The maximum atomic E-state index is 11.2. The van der Waals surface area contributed by atoms with Crippen molar-refractivity contribution < 1.29 is 29.2 Å². The van der Waals surface area contributed by atoms with Crippen molar-refractivity contribution in [3.63, 3.8) is 0 Å². The average molecular weight is 270 g/mol. The molecule has 4 atom stereocenters. The van der Waals surface area contributed by atoms with E-state index in [9.17, 15) is 15.0 Å². The second-order valence-electron chi connectivity index (χ2n) is 5.64. The molecule has 0 aromatic carbocycles. The summed E-state index contributed by atoms with van der Waals surface area (Å²) in [5.74, 6) is -2.20. The Kier molecular flexibility index (Phi) is 2.94. The Morgan fingerprint density at radius 1 is 1.37 bits per heavy atom. The third-order valence-electron chi connectivity index (χ3n) is 4.07. The number of aliphatic hydroxyl groups is 2. The number of aliphatic hydroxyl groups excluding tert-OH is 2. The lowest BCUT2D eigenvalue weighted by molar-refractivity contribution is -0.204. The van der Waals surface area contributed by atoms with Crippen LogP contribution in [0.15, 0.2) is 11.5 Å². The first-order valence-electron chi connectivity index (χ1n) is 6.66. The van der Waals surface area contributed by atoms with Crippen molar-refractivity contribution in [1.82, 2.24) is 0 Å². The molecular weight excluding hydrogens is 252 g/mol. The van der Waals surface area contributed by atoms with Crippen molar-refractivity contribution in [1.29, 1.82) is 0 Å². The SMILES string of the molecule is CC1CCCC2(C1)OC[C@@H]([C@H]1OC(=O)C(O)=C1O)O2. The summed E-state index contributed by atoms with van der Waals surface area (Å²) in [4.78, 5) is 11.2. The standard InChI is InChI=1S/C13H18O6/c1-7-3-2-4-13(5-7)17-6-8(19-13)11-9(14)10(15)12(16)18-11/h7-8,11,14-15H,2-6H2,1H3/t7?,8-,11+,13?/m0/s1. The van der Waals surface area contributed by atoms with Crippen LogP contribution in [0.2, 0.25) is 0 Å². The molecule has 0 radical (unpaired) electrons. The van der Waals surface area contributed by atoms with E-state index in [-0.39, 0.29) is 6.61 Å². The third-order valence-corrected chi connectivity index (χ3v) is 4.07. The van der Waals surface area contributed by atoms with Gasteiger partial charge in [0.15, 0.2) is 17.7 Å². The van der Waals surface area contributed by atoms with Crippen LogP contribution in [0.5, 0.6) is 0 Å². The van der Waals surface area contributed by atoms with Gasteiger partial charge in [-0.05, 0) is 12.3 Å². The molecule has 6 heteroatoms. The van der Waals surface area contributed by atoms with Crippen LogP contribution in [0.4, 0.5) is 0 Å². The maximum Gasteiger partial charge on any atom is 0.377 e. The van der Waals surface area contributed by atoms with E-state index in [4.69, 9.17) is 14.2 Å². The molecule has 0 amide bonds. The van der Waals surface area contributed by atoms with Crippen LogP contribution in [0, 0.1) is 5.92 Å². The molecule has 2 fully saturated rings. The normalized spacial score (nSPS) is 43.0. The largest absolute Gasteiger partial charge is 0.505 e. The lowest BCUT2D eigenvalue weighted by Crippen LogP contribution is -2.38. The van der Waals surface area contributed by atoms with Crippen molar-refractivity contribution in [3.05, 3.63) is 11.5 Å². The summed E-state index contributed by atoms with van der Waals surface area (Å²) < 4.78 is 16.6. The summed E-state index contributed by atoms with van der Waals surface area (Å²) in [6.45, 7) is 2.40. The zero-order chi connectivity index (χ0) is 13.6. The van der Waals surface area contributed by atoms with Crippen molar-refractivity contribution in [2.75, 3.05) is 6.61 Å². The highest BCUT2D eigenvalue weighted by molar-refractivity contribution is 5.89.